The topological polar surface area (TPSA) is 98.7 Å². The Balaban J connectivity index is 1.55. The number of pyridine rings is 1. The Bertz CT molecular complexity index is 1870. The standard InChI is InChI=1S/C29H19NO6/c31-20-13-22(15-5-2-1-3-6-15)36-28-25-18(12-24(33)35-23(25)14-21(32)26(20)28)19-11-17-8-4-7-16-9-10-30(27(16)17)29(19)34/h1-8,11,13-14,18,32H,9-10,12H2/t18-/m0/s1. The van der Waals surface area contributed by atoms with Gasteiger partial charge in [-0.25, -0.2) is 0 Å². The molecule has 2 aliphatic heterocycles. The third-order valence-corrected chi connectivity index (χ3v) is 7.19. The van der Waals surface area contributed by atoms with Gasteiger partial charge in [-0.3, -0.25) is 14.4 Å². The fraction of sp³-hybridized carbons (Fsp3) is 0.138. The number of aromatic hydroxyl groups is 1. The quantitative estimate of drug-likeness (QED) is 0.297. The van der Waals surface area contributed by atoms with Crippen LogP contribution in [0, 0.1) is 0 Å². The van der Waals surface area contributed by atoms with E-state index in [1.54, 1.807) is 4.57 Å². The molecule has 36 heavy (non-hydrogen) atoms. The van der Waals surface area contributed by atoms with Crippen LogP contribution in [-0.2, 0) is 17.8 Å². The van der Waals surface area contributed by atoms with Crippen molar-refractivity contribution in [3.63, 3.8) is 0 Å². The van der Waals surface area contributed by atoms with Crippen molar-refractivity contribution in [3.05, 3.63) is 104 Å². The summed E-state index contributed by atoms with van der Waals surface area (Å²) in [6.45, 7) is 0.566. The maximum Gasteiger partial charge on any atom is 0.312 e. The number of rotatable bonds is 2. The molecule has 1 N–H and O–H groups in total. The van der Waals surface area contributed by atoms with Crippen molar-refractivity contribution in [3.8, 4) is 22.8 Å². The minimum absolute atomic E-state index is 0.0101. The van der Waals surface area contributed by atoms with E-state index in [1.165, 1.54) is 12.1 Å². The smallest absolute Gasteiger partial charge is 0.312 e. The lowest BCUT2D eigenvalue weighted by molar-refractivity contribution is -0.135. The number of aryl methyl sites for hydroxylation is 2. The van der Waals surface area contributed by atoms with Gasteiger partial charge in [-0.1, -0.05) is 48.5 Å². The lowest BCUT2D eigenvalue weighted by Crippen LogP contribution is -2.29. The van der Waals surface area contributed by atoms with Crippen LogP contribution in [0.15, 0.2) is 80.7 Å². The summed E-state index contributed by atoms with van der Waals surface area (Å²) in [5.74, 6) is -1.17. The Morgan fingerprint density at radius 2 is 1.78 bits per heavy atom. The number of carbonyl (C=O) groups is 1. The van der Waals surface area contributed by atoms with Gasteiger partial charge in [0.15, 0.2) is 5.43 Å². The van der Waals surface area contributed by atoms with Crippen LogP contribution in [0.4, 0.5) is 0 Å². The van der Waals surface area contributed by atoms with Gasteiger partial charge >= 0.3 is 5.97 Å². The van der Waals surface area contributed by atoms with Crippen LogP contribution >= 0.6 is 0 Å². The first kappa shape index (κ1) is 20.7. The molecule has 4 heterocycles. The third kappa shape index (κ3) is 2.89. The fourth-order valence-electron chi connectivity index (χ4n) is 5.61. The van der Waals surface area contributed by atoms with Crippen LogP contribution in [0.3, 0.4) is 0 Å². The number of benzene rings is 3. The Hall–Kier alpha value is -4.65. The fourth-order valence-corrected chi connectivity index (χ4v) is 5.61. The van der Waals surface area contributed by atoms with E-state index in [-0.39, 0.29) is 34.4 Å². The summed E-state index contributed by atoms with van der Waals surface area (Å²) >= 11 is 0. The predicted molar refractivity (Wildman–Crippen MR) is 134 cm³/mol. The van der Waals surface area contributed by atoms with Crippen LogP contribution in [-0.4, -0.2) is 15.6 Å². The summed E-state index contributed by atoms with van der Waals surface area (Å²) < 4.78 is 13.5. The lowest BCUT2D eigenvalue weighted by Gasteiger charge is -2.26. The average Bonchev–Trinajstić information content (AvgIpc) is 3.31. The molecule has 7 nitrogen and oxygen atoms in total. The first-order valence-electron chi connectivity index (χ1n) is 11.7. The summed E-state index contributed by atoms with van der Waals surface area (Å²) in [5.41, 5.74) is 3.07. The van der Waals surface area contributed by atoms with Gasteiger partial charge < -0.3 is 18.8 Å². The van der Waals surface area contributed by atoms with Crippen LogP contribution in [0.1, 0.15) is 29.0 Å². The number of phenols is 1. The molecule has 0 unspecified atom stereocenters. The van der Waals surface area contributed by atoms with Crippen molar-refractivity contribution in [1.82, 2.24) is 4.57 Å². The zero-order chi connectivity index (χ0) is 24.6. The molecule has 2 aliphatic rings. The van der Waals surface area contributed by atoms with Gasteiger partial charge in [-0.15, -0.1) is 0 Å². The maximum atomic E-state index is 13.7. The molecule has 176 valence electrons. The molecular formula is C29H19NO6. The van der Waals surface area contributed by atoms with Crippen LogP contribution in [0.2, 0.25) is 0 Å². The molecule has 0 saturated carbocycles. The first-order valence-corrected chi connectivity index (χ1v) is 11.7. The number of ether oxygens (including phenoxy) is 1. The molecule has 0 saturated heterocycles. The van der Waals surface area contributed by atoms with Gasteiger partial charge in [0.2, 0.25) is 0 Å². The second kappa shape index (κ2) is 7.42. The minimum atomic E-state index is -0.705. The number of nitrogens with zero attached hydrogens (tertiary/aromatic N) is 1. The highest BCUT2D eigenvalue weighted by molar-refractivity contribution is 5.93. The number of para-hydroxylation sites is 1. The Kier molecular flexibility index (Phi) is 4.27. The number of phenolic OH excluding ortho intramolecular Hbond substituents is 1. The Morgan fingerprint density at radius 3 is 2.61 bits per heavy atom. The highest BCUT2D eigenvalue weighted by Crippen LogP contribution is 2.45. The molecule has 0 aliphatic carbocycles. The van der Waals surface area contributed by atoms with Crippen molar-refractivity contribution in [2.24, 2.45) is 0 Å². The molecular weight excluding hydrogens is 458 g/mol. The van der Waals surface area contributed by atoms with Crippen molar-refractivity contribution < 1.29 is 19.1 Å². The Labute approximate surface area is 203 Å². The maximum absolute atomic E-state index is 13.7. The molecule has 0 amide bonds. The first-order chi connectivity index (χ1) is 17.5. The van der Waals surface area contributed by atoms with Crippen molar-refractivity contribution in [2.75, 3.05) is 0 Å². The molecule has 2 aromatic heterocycles. The zero-order valence-corrected chi connectivity index (χ0v) is 19.0. The minimum Gasteiger partial charge on any atom is -0.507 e. The molecule has 0 spiro atoms. The second-order valence-corrected chi connectivity index (χ2v) is 9.24. The second-order valence-electron chi connectivity index (χ2n) is 9.24. The summed E-state index contributed by atoms with van der Waals surface area (Å²) in [7, 11) is 0. The largest absolute Gasteiger partial charge is 0.507 e. The molecule has 0 bridgehead atoms. The van der Waals surface area contributed by atoms with Gasteiger partial charge in [-0.05, 0) is 23.4 Å². The van der Waals surface area contributed by atoms with Crippen LogP contribution < -0.4 is 15.7 Å². The normalized spacial score (nSPS) is 16.3. The Morgan fingerprint density at radius 1 is 0.944 bits per heavy atom. The SMILES string of the molecule is O=C1C[C@@H](c2cc3cccc4c3n(c2=O)CC4)c2c(cc(O)c3c(=O)cc(-c4ccccc4)oc23)O1. The van der Waals surface area contributed by atoms with Gasteiger partial charge in [0.25, 0.3) is 5.56 Å². The van der Waals surface area contributed by atoms with Gasteiger partial charge in [-0.2, -0.15) is 0 Å². The van der Waals surface area contributed by atoms with E-state index < -0.39 is 17.3 Å². The van der Waals surface area contributed by atoms with E-state index in [0.29, 0.717) is 29.0 Å². The number of carbonyl (C=O) groups excluding carboxylic acids is 1. The van der Waals surface area contributed by atoms with E-state index in [4.69, 9.17) is 9.15 Å². The van der Waals surface area contributed by atoms with Gasteiger partial charge in [0.05, 0.1) is 11.9 Å². The molecule has 7 heteroatoms. The number of esters is 1. The number of hydrogen-bond acceptors (Lipinski definition) is 6. The third-order valence-electron chi connectivity index (χ3n) is 7.19. The lowest BCUT2D eigenvalue weighted by atomic mass is 9.85. The van der Waals surface area contributed by atoms with Gasteiger partial charge in [0.1, 0.15) is 28.2 Å². The van der Waals surface area contributed by atoms with E-state index in [1.807, 2.05) is 54.6 Å². The molecule has 3 aromatic carbocycles. The monoisotopic (exact) mass is 477 g/mol. The molecule has 0 fully saturated rings. The summed E-state index contributed by atoms with van der Waals surface area (Å²) in [5, 5.41) is 11.6. The van der Waals surface area contributed by atoms with Crippen molar-refractivity contribution >= 4 is 27.8 Å². The van der Waals surface area contributed by atoms with Crippen molar-refractivity contribution in [1.29, 1.82) is 0 Å². The molecule has 5 aromatic rings. The van der Waals surface area contributed by atoms with E-state index in [2.05, 4.69) is 0 Å². The van der Waals surface area contributed by atoms with E-state index in [9.17, 15) is 19.5 Å². The van der Waals surface area contributed by atoms with Crippen LogP contribution in [0.25, 0.3) is 33.2 Å². The molecule has 0 radical (unpaired) electrons. The zero-order valence-electron chi connectivity index (χ0n) is 19.0. The van der Waals surface area contributed by atoms with Crippen molar-refractivity contribution in [2.45, 2.75) is 25.3 Å². The number of hydrogen-bond donors (Lipinski definition) is 1. The molecule has 1 atom stereocenters. The molecule has 7 rings (SSSR count). The van der Waals surface area contributed by atoms with E-state index in [0.717, 1.165) is 22.9 Å². The summed E-state index contributed by atoms with van der Waals surface area (Å²) in [6.07, 6.45) is 0.679. The highest BCUT2D eigenvalue weighted by Gasteiger charge is 2.36. The summed E-state index contributed by atoms with van der Waals surface area (Å²) in [4.78, 5) is 39.5. The average molecular weight is 477 g/mol. The predicted octanol–water partition coefficient (Wildman–Crippen LogP) is 4.48. The highest BCUT2D eigenvalue weighted by atomic mass is 16.5. The number of aromatic nitrogens is 1. The van der Waals surface area contributed by atoms with Gasteiger partial charge in [0, 0.05) is 41.3 Å². The number of fused-ring (bicyclic) bond motifs is 3. The van der Waals surface area contributed by atoms with E-state index >= 15 is 0 Å². The summed E-state index contributed by atoms with van der Waals surface area (Å²) in [6, 6.07) is 19.5. The van der Waals surface area contributed by atoms with Crippen LogP contribution in [0.5, 0.6) is 11.5 Å².